The molecule has 0 radical (unpaired) electrons. The zero-order chi connectivity index (χ0) is 19.0. The fourth-order valence-electron chi connectivity index (χ4n) is 2.94. The molecule has 0 bridgehead atoms. The summed E-state index contributed by atoms with van der Waals surface area (Å²) in [5, 5.41) is 10.9. The van der Waals surface area contributed by atoms with Crippen LogP contribution in [0.3, 0.4) is 0 Å². The number of Topliss-reactive ketones (excluding diaryl/α,β-unsaturated/α-hetero) is 1. The first-order valence-electron chi connectivity index (χ1n) is 7.85. The zero-order valence-corrected chi connectivity index (χ0v) is 15.2. The maximum atomic E-state index is 13.3. The molecule has 134 valence electrons. The molecular weight excluding hydrogens is 380 g/mol. The summed E-state index contributed by atoms with van der Waals surface area (Å²) in [6.45, 7) is 1.64. The van der Waals surface area contributed by atoms with Crippen LogP contribution in [0.5, 0.6) is 0 Å². The van der Waals surface area contributed by atoms with Gasteiger partial charge in [-0.15, -0.1) is 0 Å². The molecule has 1 N–H and O–H groups in total. The molecule has 7 heteroatoms. The molecule has 0 aromatic heterocycles. The van der Waals surface area contributed by atoms with E-state index in [4.69, 9.17) is 23.2 Å². The summed E-state index contributed by atoms with van der Waals surface area (Å²) in [6.07, 6.45) is 0.111. The molecule has 1 amide bonds. The number of ketones is 1. The Labute approximate surface area is 159 Å². The molecule has 2 aromatic carbocycles. The third-order valence-electron chi connectivity index (χ3n) is 4.20. The first-order valence-corrected chi connectivity index (χ1v) is 8.61. The second-order valence-corrected chi connectivity index (χ2v) is 6.58. The van der Waals surface area contributed by atoms with Gasteiger partial charge in [-0.1, -0.05) is 42.3 Å². The van der Waals surface area contributed by atoms with Gasteiger partial charge in [-0.05, 0) is 35.9 Å². The minimum atomic E-state index is -0.882. The van der Waals surface area contributed by atoms with Crippen molar-refractivity contribution in [2.24, 2.45) is 0 Å². The number of halogens is 3. The zero-order valence-electron chi connectivity index (χ0n) is 13.7. The summed E-state index contributed by atoms with van der Waals surface area (Å²) >= 11 is 12.0. The van der Waals surface area contributed by atoms with E-state index in [1.165, 1.54) is 41.3 Å². The first kappa shape index (κ1) is 18.4. The average Bonchev–Trinajstić information content (AvgIpc) is 2.89. The van der Waals surface area contributed by atoms with Gasteiger partial charge in [0, 0.05) is 12.1 Å². The second-order valence-electron chi connectivity index (χ2n) is 5.77. The Morgan fingerprint density at radius 2 is 1.81 bits per heavy atom. The van der Waals surface area contributed by atoms with E-state index in [1.54, 1.807) is 13.0 Å². The van der Waals surface area contributed by atoms with Crippen molar-refractivity contribution in [1.82, 2.24) is 0 Å². The molecule has 3 rings (SSSR count). The lowest BCUT2D eigenvalue weighted by molar-refractivity contribution is -0.118. The number of anilines is 1. The van der Waals surface area contributed by atoms with E-state index in [0.29, 0.717) is 16.3 Å². The summed E-state index contributed by atoms with van der Waals surface area (Å²) in [5.74, 6) is -2.16. The highest BCUT2D eigenvalue weighted by Crippen LogP contribution is 2.42. The van der Waals surface area contributed by atoms with Gasteiger partial charge in [0.1, 0.15) is 5.82 Å². The van der Waals surface area contributed by atoms with Crippen LogP contribution < -0.4 is 4.90 Å². The highest BCUT2D eigenvalue weighted by Gasteiger charge is 2.43. The van der Waals surface area contributed by atoms with E-state index in [-0.39, 0.29) is 22.8 Å². The molecule has 1 unspecified atom stereocenters. The quantitative estimate of drug-likeness (QED) is 0.793. The van der Waals surface area contributed by atoms with Gasteiger partial charge in [-0.2, -0.15) is 0 Å². The molecule has 0 spiro atoms. The Morgan fingerprint density at radius 1 is 1.15 bits per heavy atom. The van der Waals surface area contributed by atoms with Crippen LogP contribution in [0, 0.1) is 5.82 Å². The molecule has 1 atom stereocenters. The van der Waals surface area contributed by atoms with Gasteiger partial charge in [0.05, 0.1) is 21.7 Å². The Kier molecular flexibility index (Phi) is 5.03. The van der Waals surface area contributed by atoms with Gasteiger partial charge in [0.2, 0.25) is 0 Å². The molecule has 0 aliphatic carbocycles. The summed E-state index contributed by atoms with van der Waals surface area (Å²) in [5.41, 5.74) is 0.839. The smallest absolute Gasteiger partial charge is 0.294 e. The molecule has 1 aliphatic heterocycles. The fraction of sp³-hybridized carbons (Fsp3) is 0.158. The van der Waals surface area contributed by atoms with Gasteiger partial charge in [0.15, 0.2) is 11.5 Å². The van der Waals surface area contributed by atoms with Crippen molar-refractivity contribution < 1.29 is 19.1 Å². The Hall–Kier alpha value is -2.37. The molecule has 1 aliphatic rings. The largest absolute Gasteiger partial charge is 0.503 e. The second kappa shape index (κ2) is 7.09. The normalized spacial score (nSPS) is 17.2. The van der Waals surface area contributed by atoms with E-state index in [2.05, 4.69) is 0 Å². The molecular formula is C19H14Cl2FNO3. The minimum absolute atomic E-state index is 0.0184. The predicted octanol–water partition coefficient (Wildman–Crippen LogP) is 5.01. The Morgan fingerprint density at radius 3 is 2.38 bits per heavy atom. The number of carbonyl (C=O) groups is 2. The van der Waals surface area contributed by atoms with Crippen LogP contribution in [0.1, 0.15) is 24.9 Å². The molecule has 0 fully saturated rings. The topological polar surface area (TPSA) is 57.6 Å². The fourth-order valence-corrected chi connectivity index (χ4v) is 3.23. The van der Waals surface area contributed by atoms with Gasteiger partial charge < -0.3 is 5.11 Å². The predicted molar refractivity (Wildman–Crippen MR) is 98.0 cm³/mol. The average molecular weight is 394 g/mol. The number of hydrogen-bond donors (Lipinski definition) is 1. The number of aliphatic hydroxyl groups excluding tert-OH is 1. The van der Waals surface area contributed by atoms with Gasteiger partial charge in [0.25, 0.3) is 5.91 Å². The van der Waals surface area contributed by atoms with E-state index in [0.717, 1.165) is 0 Å². The van der Waals surface area contributed by atoms with E-state index < -0.39 is 23.5 Å². The van der Waals surface area contributed by atoms with Crippen molar-refractivity contribution in [2.45, 2.75) is 19.4 Å². The highest BCUT2D eigenvalue weighted by molar-refractivity contribution is 6.42. The van der Waals surface area contributed by atoms with Crippen LogP contribution in [0.25, 0.3) is 0 Å². The number of benzene rings is 2. The lowest BCUT2D eigenvalue weighted by atomic mass is 9.95. The van der Waals surface area contributed by atoms with Crippen LogP contribution >= 0.6 is 23.2 Å². The summed E-state index contributed by atoms with van der Waals surface area (Å²) in [6, 6.07) is 9.09. The maximum absolute atomic E-state index is 13.3. The van der Waals surface area contributed by atoms with Crippen LogP contribution in [0.4, 0.5) is 10.1 Å². The summed E-state index contributed by atoms with van der Waals surface area (Å²) in [4.78, 5) is 26.4. The molecule has 26 heavy (non-hydrogen) atoms. The van der Waals surface area contributed by atoms with Crippen molar-refractivity contribution >= 4 is 40.6 Å². The monoisotopic (exact) mass is 393 g/mol. The number of nitrogens with zero attached hydrogens (tertiary/aromatic N) is 1. The lowest BCUT2D eigenvalue weighted by Gasteiger charge is -2.27. The molecule has 4 nitrogen and oxygen atoms in total. The van der Waals surface area contributed by atoms with Crippen molar-refractivity contribution in [3.63, 3.8) is 0 Å². The summed E-state index contributed by atoms with van der Waals surface area (Å²) < 4.78 is 13.3. The molecule has 0 saturated carbocycles. The van der Waals surface area contributed by atoms with Crippen molar-refractivity contribution in [1.29, 1.82) is 0 Å². The van der Waals surface area contributed by atoms with Gasteiger partial charge >= 0.3 is 0 Å². The third-order valence-corrected chi connectivity index (χ3v) is 4.94. The lowest BCUT2D eigenvalue weighted by Crippen LogP contribution is -2.31. The number of hydrogen-bond acceptors (Lipinski definition) is 3. The SMILES string of the molecule is CCC(=O)C1=C(O)C(=O)N(c2ccc(Cl)c(Cl)c2)C1c1ccc(F)cc1. The molecule has 2 aromatic rings. The Bertz CT molecular complexity index is 925. The standard InChI is InChI=1S/C19H14Cl2FNO3/c1-2-15(24)16-17(10-3-5-11(22)6-4-10)23(19(26)18(16)25)12-7-8-13(20)14(21)9-12/h3-9,17,25H,2H2,1H3. The van der Waals surface area contributed by atoms with Crippen molar-refractivity contribution in [3.8, 4) is 0 Å². The van der Waals surface area contributed by atoms with Crippen LogP contribution in [0.15, 0.2) is 53.8 Å². The van der Waals surface area contributed by atoms with Gasteiger partial charge in [-0.3, -0.25) is 14.5 Å². The van der Waals surface area contributed by atoms with E-state index in [9.17, 15) is 19.1 Å². The van der Waals surface area contributed by atoms with Crippen LogP contribution in [-0.4, -0.2) is 16.8 Å². The number of carbonyl (C=O) groups excluding carboxylic acids is 2. The third kappa shape index (κ3) is 3.08. The Balaban J connectivity index is 2.18. The molecule has 0 saturated heterocycles. The van der Waals surface area contributed by atoms with Crippen LogP contribution in [0.2, 0.25) is 10.0 Å². The number of aliphatic hydroxyl groups is 1. The number of rotatable bonds is 4. The first-order chi connectivity index (χ1) is 12.3. The highest BCUT2D eigenvalue weighted by atomic mass is 35.5. The summed E-state index contributed by atoms with van der Waals surface area (Å²) in [7, 11) is 0. The minimum Gasteiger partial charge on any atom is -0.503 e. The van der Waals surface area contributed by atoms with E-state index in [1.807, 2.05) is 0 Å². The van der Waals surface area contributed by atoms with E-state index >= 15 is 0 Å². The number of amides is 1. The van der Waals surface area contributed by atoms with Crippen molar-refractivity contribution in [3.05, 3.63) is 75.2 Å². The van der Waals surface area contributed by atoms with Crippen molar-refractivity contribution in [2.75, 3.05) is 4.90 Å². The van der Waals surface area contributed by atoms with Gasteiger partial charge in [-0.25, -0.2) is 4.39 Å². The maximum Gasteiger partial charge on any atom is 0.294 e. The van der Waals surface area contributed by atoms with Crippen LogP contribution in [-0.2, 0) is 9.59 Å². The molecule has 1 heterocycles.